The molecule has 0 bridgehead atoms. The van der Waals surface area contributed by atoms with Crippen molar-refractivity contribution in [2.45, 2.75) is 32.6 Å². The Labute approximate surface area is 68.6 Å². The van der Waals surface area contributed by atoms with Crippen LogP contribution in [0.4, 0.5) is 0 Å². The summed E-state index contributed by atoms with van der Waals surface area (Å²) in [5.41, 5.74) is 0. The van der Waals surface area contributed by atoms with Gasteiger partial charge < -0.3 is 5.32 Å². The van der Waals surface area contributed by atoms with Gasteiger partial charge in [-0.05, 0) is 18.3 Å². The van der Waals surface area contributed by atoms with Gasteiger partial charge >= 0.3 is 0 Å². The van der Waals surface area contributed by atoms with Gasteiger partial charge in [-0.3, -0.25) is 0 Å². The quantitative estimate of drug-likeness (QED) is 0.484. The topological polar surface area (TPSA) is 35.8 Å². The molecule has 0 aromatic rings. The number of hydrogen-bond acceptors (Lipinski definition) is 2. The molecule has 0 aliphatic heterocycles. The van der Waals surface area contributed by atoms with Gasteiger partial charge in [0.05, 0.1) is 0 Å². The summed E-state index contributed by atoms with van der Waals surface area (Å²) in [7, 11) is 0. The van der Waals surface area contributed by atoms with E-state index in [0.717, 1.165) is 18.4 Å². The average molecular weight is 152 g/mol. The lowest BCUT2D eigenvalue weighted by molar-refractivity contribution is 0.255. The minimum atomic E-state index is 0.739. The summed E-state index contributed by atoms with van der Waals surface area (Å²) in [5.74, 6) is 1.55. The molecular formula is C9H16N2. The molecule has 1 saturated carbocycles. The summed E-state index contributed by atoms with van der Waals surface area (Å²) in [6, 6.07) is 0. The van der Waals surface area contributed by atoms with Crippen LogP contribution in [0, 0.1) is 23.3 Å². The standard InChI is InChI=1S/C9H16N2/c1-8-4-2-3-5-9(8)6-11-7-10/h8-9,11H,2-6H2,1H3. The van der Waals surface area contributed by atoms with Gasteiger partial charge in [0.25, 0.3) is 0 Å². The molecule has 1 N–H and O–H groups in total. The molecule has 2 heteroatoms. The van der Waals surface area contributed by atoms with Crippen LogP contribution in [0.2, 0.25) is 0 Å². The van der Waals surface area contributed by atoms with Crippen molar-refractivity contribution in [2.24, 2.45) is 11.8 Å². The summed E-state index contributed by atoms with van der Waals surface area (Å²) >= 11 is 0. The second-order valence-electron chi connectivity index (χ2n) is 3.51. The maximum Gasteiger partial charge on any atom is 0.176 e. The van der Waals surface area contributed by atoms with Crippen LogP contribution in [0.25, 0.3) is 0 Å². The summed E-state index contributed by atoms with van der Waals surface area (Å²) in [6.45, 7) is 3.18. The molecule has 62 valence electrons. The van der Waals surface area contributed by atoms with E-state index in [4.69, 9.17) is 5.26 Å². The van der Waals surface area contributed by atoms with Gasteiger partial charge in [0.2, 0.25) is 0 Å². The fraction of sp³-hybridized carbons (Fsp3) is 0.889. The number of nitrogens with one attached hydrogen (secondary N) is 1. The van der Waals surface area contributed by atoms with Crippen LogP contribution < -0.4 is 5.32 Å². The molecule has 1 rings (SSSR count). The van der Waals surface area contributed by atoms with E-state index in [1.165, 1.54) is 25.7 Å². The van der Waals surface area contributed by atoms with Crippen molar-refractivity contribution in [2.75, 3.05) is 6.54 Å². The first kappa shape index (κ1) is 8.39. The van der Waals surface area contributed by atoms with Crippen LogP contribution in [0.1, 0.15) is 32.6 Å². The van der Waals surface area contributed by atoms with Gasteiger partial charge in [0.1, 0.15) is 0 Å². The van der Waals surface area contributed by atoms with E-state index in [-0.39, 0.29) is 0 Å². The average Bonchev–Trinajstić information content (AvgIpc) is 2.03. The van der Waals surface area contributed by atoms with Crippen molar-refractivity contribution in [3.05, 3.63) is 0 Å². The highest BCUT2D eigenvalue weighted by Gasteiger charge is 2.20. The Morgan fingerprint density at radius 2 is 2.18 bits per heavy atom. The van der Waals surface area contributed by atoms with Crippen LogP contribution in [0.15, 0.2) is 0 Å². The predicted octanol–water partition coefficient (Wildman–Crippen LogP) is 1.88. The van der Waals surface area contributed by atoms with Crippen molar-refractivity contribution < 1.29 is 0 Å². The van der Waals surface area contributed by atoms with E-state index in [2.05, 4.69) is 12.2 Å². The molecule has 0 saturated heterocycles. The number of rotatable bonds is 2. The van der Waals surface area contributed by atoms with Gasteiger partial charge in [0, 0.05) is 6.54 Å². The molecule has 1 fully saturated rings. The molecule has 11 heavy (non-hydrogen) atoms. The van der Waals surface area contributed by atoms with Gasteiger partial charge in [-0.25, -0.2) is 0 Å². The molecule has 0 amide bonds. The summed E-state index contributed by atoms with van der Waals surface area (Å²) in [4.78, 5) is 0. The maximum absolute atomic E-state index is 8.32. The Kier molecular flexibility index (Phi) is 3.22. The minimum Gasteiger partial charge on any atom is -0.324 e. The first-order valence-electron chi connectivity index (χ1n) is 4.46. The Bertz CT molecular complexity index is 148. The van der Waals surface area contributed by atoms with Crippen molar-refractivity contribution in [1.82, 2.24) is 5.32 Å². The number of nitriles is 1. The largest absolute Gasteiger partial charge is 0.324 e. The second kappa shape index (κ2) is 4.23. The third kappa shape index (κ3) is 2.42. The molecule has 1 aliphatic carbocycles. The SMILES string of the molecule is CC1CCCCC1CNC#N. The first-order chi connectivity index (χ1) is 5.34. The third-order valence-corrected chi connectivity index (χ3v) is 2.73. The highest BCUT2D eigenvalue weighted by molar-refractivity contribution is 4.77. The number of nitrogens with zero attached hydrogens (tertiary/aromatic N) is 1. The highest BCUT2D eigenvalue weighted by Crippen LogP contribution is 2.28. The lowest BCUT2D eigenvalue weighted by atomic mass is 9.80. The molecule has 2 atom stereocenters. The van der Waals surface area contributed by atoms with Crippen molar-refractivity contribution >= 4 is 0 Å². The monoisotopic (exact) mass is 152 g/mol. The second-order valence-corrected chi connectivity index (χ2v) is 3.51. The zero-order chi connectivity index (χ0) is 8.10. The van der Waals surface area contributed by atoms with E-state index in [1.54, 1.807) is 0 Å². The molecule has 0 radical (unpaired) electrons. The summed E-state index contributed by atoms with van der Waals surface area (Å²) < 4.78 is 0. The normalized spacial score (nSPS) is 30.9. The van der Waals surface area contributed by atoms with E-state index in [9.17, 15) is 0 Å². The lowest BCUT2D eigenvalue weighted by Crippen LogP contribution is -2.26. The summed E-state index contributed by atoms with van der Waals surface area (Å²) in [6.07, 6.45) is 7.36. The molecule has 2 unspecified atom stereocenters. The first-order valence-corrected chi connectivity index (χ1v) is 4.46. The van der Waals surface area contributed by atoms with E-state index in [0.29, 0.717) is 0 Å². The van der Waals surface area contributed by atoms with Crippen molar-refractivity contribution in [3.63, 3.8) is 0 Å². The van der Waals surface area contributed by atoms with Gasteiger partial charge in [-0.15, -0.1) is 0 Å². The number of hydrogen-bond donors (Lipinski definition) is 1. The fourth-order valence-electron chi connectivity index (χ4n) is 1.87. The van der Waals surface area contributed by atoms with E-state index < -0.39 is 0 Å². The molecular weight excluding hydrogens is 136 g/mol. The lowest BCUT2D eigenvalue weighted by Gasteiger charge is -2.27. The highest BCUT2D eigenvalue weighted by atomic mass is 14.9. The summed E-state index contributed by atoms with van der Waals surface area (Å²) in [5, 5.41) is 11.1. The zero-order valence-corrected chi connectivity index (χ0v) is 7.14. The Balaban J connectivity index is 2.25. The van der Waals surface area contributed by atoms with Crippen LogP contribution in [0.3, 0.4) is 0 Å². The van der Waals surface area contributed by atoms with Crippen LogP contribution in [0.5, 0.6) is 0 Å². The molecule has 1 aliphatic rings. The van der Waals surface area contributed by atoms with E-state index in [1.807, 2.05) is 6.19 Å². The van der Waals surface area contributed by atoms with Gasteiger partial charge in [-0.1, -0.05) is 26.2 Å². The molecule has 0 spiro atoms. The third-order valence-electron chi connectivity index (χ3n) is 2.73. The molecule has 2 nitrogen and oxygen atoms in total. The predicted molar refractivity (Wildman–Crippen MR) is 44.7 cm³/mol. The fourth-order valence-corrected chi connectivity index (χ4v) is 1.87. The maximum atomic E-state index is 8.32. The van der Waals surface area contributed by atoms with Crippen LogP contribution in [-0.4, -0.2) is 6.54 Å². The van der Waals surface area contributed by atoms with Crippen LogP contribution in [-0.2, 0) is 0 Å². The Morgan fingerprint density at radius 3 is 2.82 bits per heavy atom. The molecule has 0 aromatic heterocycles. The Morgan fingerprint density at radius 1 is 1.45 bits per heavy atom. The van der Waals surface area contributed by atoms with Gasteiger partial charge in [-0.2, -0.15) is 5.26 Å². The van der Waals surface area contributed by atoms with Crippen LogP contribution >= 0.6 is 0 Å². The smallest absolute Gasteiger partial charge is 0.176 e. The minimum absolute atomic E-state index is 0.739. The van der Waals surface area contributed by atoms with Crippen molar-refractivity contribution in [3.8, 4) is 6.19 Å². The zero-order valence-electron chi connectivity index (χ0n) is 7.14. The Hall–Kier alpha value is -0.710. The van der Waals surface area contributed by atoms with E-state index >= 15 is 0 Å². The van der Waals surface area contributed by atoms with Crippen molar-refractivity contribution in [1.29, 1.82) is 5.26 Å². The van der Waals surface area contributed by atoms with Gasteiger partial charge in [0.15, 0.2) is 6.19 Å². The molecule has 0 aromatic carbocycles. The molecule has 0 heterocycles.